The SMILES string of the molecule is [CH]1CC[N]CC1COCc1ccccc1. The van der Waals surface area contributed by atoms with Gasteiger partial charge < -0.3 is 4.74 Å². The molecule has 2 heteroatoms. The lowest BCUT2D eigenvalue weighted by Crippen LogP contribution is -2.28. The average molecular weight is 203 g/mol. The van der Waals surface area contributed by atoms with Gasteiger partial charge in [-0.15, -0.1) is 0 Å². The molecule has 0 spiro atoms. The van der Waals surface area contributed by atoms with Gasteiger partial charge in [0, 0.05) is 13.1 Å². The molecule has 1 atom stereocenters. The second-order valence-corrected chi connectivity index (χ2v) is 3.91. The van der Waals surface area contributed by atoms with Crippen LogP contribution < -0.4 is 5.32 Å². The quantitative estimate of drug-likeness (QED) is 0.734. The maximum atomic E-state index is 5.67. The van der Waals surface area contributed by atoms with Gasteiger partial charge >= 0.3 is 0 Å². The zero-order chi connectivity index (χ0) is 10.3. The number of nitrogens with zero attached hydrogens (tertiary/aromatic N) is 1. The molecule has 1 aliphatic rings. The van der Waals surface area contributed by atoms with Crippen molar-refractivity contribution >= 4 is 0 Å². The molecule has 1 aliphatic heterocycles. The van der Waals surface area contributed by atoms with Crippen LogP contribution in [0.1, 0.15) is 12.0 Å². The number of benzene rings is 1. The smallest absolute Gasteiger partial charge is 0.0717 e. The van der Waals surface area contributed by atoms with Crippen LogP contribution in [0.3, 0.4) is 0 Å². The van der Waals surface area contributed by atoms with Crippen molar-refractivity contribution in [3.8, 4) is 0 Å². The third kappa shape index (κ3) is 3.65. The third-order valence-electron chi connectivity index (χ3n) is 2.59. The maximum Gasteiger partial charge on any atom is 0.0717 e. The summed E-state index contributed by atoms with van der Waals surface area (Å²) in [5, 5.41) is 4.37. The minimum Gasteiger partial charge on any atom is -0.376 e. The minimum atomic E-state index is 0.530. The van der Waals surface area contributed by atoms with E-state index in [1.54, 1.807) is 0 Å². The largest absolute Gasteiger partial charge is 0.376 e. The monoisotopic (exact) mass is 203 g/mol. The highest BCUT2D eigenvalue weighted by Crippen LogP contribution is 2.11. The van der Waals surface area contributed by atoms with Gasteiger partial charge in [0.05, 0.1) is 13.2 Å². The fourth-order valence-corrected chi connectivity index (χ4v) is 1.76. The summed E-state index contributed by atoms with van der Waals surface area (Å²) in [5.41, 5.74) is 1.24. The maximum absolute atomic E-state index is 5.67. The van der Waals surface area contributed by atoms with Crippen LogP contribution in [0.4, 0.5) is 0 Å². The molecular weight excluding hydrogens is 186 g/mol. The van der Waals surface area contributed by atoms with Crippen LogP contribution in [-0.2, 0) is 11.3 Å². The van der Waals surface area contributed by atoms with E-state index in [1.165, 1.54) is 5.56 Å². The number of hydrogen-bond donors (Lipinski definition) is 0. The predicted molar refractivity (Wildman–Crippen MR) is 60.4 cm³/mol. The summed E-state index contributed by atoms with van der Waals surface area (Å²) in [6, 6.07) is 10.3. The molecule has 2 radical (unpaired) electrons. The number of piperidine rings is 1. The van der Waals surface area contributed by atoms with Gasteiger partial charge in [0.25, 0.3) is 0 Å². The van der Waals surface area contributed by atoms with Gasteiger partial charge in [0.1, 0.15) is 0 Å². The fraction of sp³-hybridized carbons (Fsp3) is 0.462. The summed E-state index contributed by atoms with van der Waals surface area (Å²) in [6.45, 7) is 3.45. The molecule has 1 unspecified atom stereocenters. The van der Waals surface area contributed by atoms with Crippen molar-refractivity contribution < 1.29 is 4.74 Å². The van der Waals surface area contributed by atoms with Gasteiger partial charge in [0.2, 0.25) is 0 Å². The summed E-state index contributed by atoms with van der Waals surface area (Å²) < 4.78 is 5.67. The van der Waals surface area contributed by atoms with Crippen LogP contribution in [0.2, 0.25) is 0 Å². The fourth-order valence-electron chi connectivity index (χ4n) is 1.76. The van der Waals surface area contributed by atoms with Crippen molar-refractivity contribution in [2.75, 3.05) is 19.7 Å². The lowest BCUT2D eigenvalue weighted by molar-refractivity contribution is 0.0911. The molecule has 0 saturated carbocycles. The van der Waals surface area contributed by atoms with E-state index in [0.29, 0.717) is 12.5 Å². The number of ether oxygens (including phenoxy) is 1. The molecule has 1 heterocycles. The van der Waals surface area contributed by atoms with Crippen molar-refractivity contribution in [2.24, 2.45) is 5.92 Å². The molecule has 0 N–H and O–H groups in total. The van der Waals surface area contributed by atoms with E-state index >= 15 is 0 Å². The van der Waals surface area contributed by atoms with Crippen molar-refractivity contribution in [3.63, 3.8) is 0 Å². The first kappa shape index (κ1) is 10.7. The Kier molecular flexibility index (Phi) is 4.18. The Hall–Kier alpha value is -0.860. The van der Waals surface area contributed by atoms with E-state index in [4.69, 9.17) is 4.74 Å². The zero-order valence-corrected chi connectivity index (χ0v) is 8.93. The van der Waals surface area contributed by atoms with Gasteiger partial charge in [-0.1, -0.05) is 30.3 Å². The second kappa shape index (κ2) is 5.89. The van der Waals surface area contributed by atoms with Crippen molar-refractivity contribution in [3.05, 3.63) is 42.3 Å². The summed E-state index contributed by atoms with van der Waals surface area (Å²) in [6.07, 6.45) is 3.44. The van der Waals surface area contributed by atoms with Crippen LogP contribution in [-0.4, -0.2) is 19.7 Å². The minimum absolute atomic E-state index is 0.530. The first-order valence-electron chi connectivity index (χ1n) is 5.53. The predicted octanol–water partition coefficient (Wildman–Crippen LogP) is 2.03. The highest BCUT2D eigenvalue weighted by molar-refractivity contribution is 5.13. The highest BCUT2D eigenvalue weighted by atomic mass is 16.5. The molecule has 0 aliphatic carbocycles. The lowest BCUT2D eigenvalue weighted by atomic mass is 10.0. The van der Waals surface area contributed by atoms with Crippen LogP contribution in [0.25, 0.3) is 0 Å². The van der Waals surface area contributed by atoms with Gasteiger partial charge in [-0.25, -0.2) is 5.32 Å². The van der Waals surface area contributed by atoms with Gasteiger partial charge in [-0.3, -0.25) is 0 Å². The van der Waals surface area contributed by atoms with E-state index in [9.17, 15) is 0 Å². The van der Waals surface area contributed by atoms with Gasteiger partial charge in [-0.2, -0.15) is 0 Å². The Morgan fingerprint density at radius 3 is 2.87 bits per heavy atom. The normalized spacial score (nSPS) is 21.5. The lowest BCUT2D eigenvalue weighted by Gasteiger charge is -2.20. The Morgan fingerprint density at radius 2 is 2.13 bits per heavy atom. The average Bonchev–Trinajstić information content (AvgIpc) is 2.32. The van der Waals surface area contributed by atoms with Crippen LogP contribution in [0, 0.1) is 12.3 Å². The topological polar surface area (TPSA) is 23.3 Å². The van der Waals surface area contributed by atoms with Crippen molar-refractivity contribution in [2.45, 2.75) is 13.0 Å². The van der Waals surface area contributed by atoms with Crippen molar-refractivity contribution in [1.82, 2.24) is 5.32 Å². The molecule has 2 nitrogen and oxygen atoms in total. The van der Waals surface area contributed by atoms with E-state index in [0.717, 1.165) is 26.1 Å². The molecule has 15 heavy (non-hydrogen) atoms. The number of rotatable bonds is 4. The summed E-state index contributed by atoms with van der Waals surface area (Å²) in [7, 11) is 0. The molecule has 1 aromatic rings. The van der Waals surface area contributed by atoms with Crippen LogP contribution in [0.15, 0.2) is 30.3 Å². The first-order chi connectivity index (χ1) is 7.45. The summed E-state index contributed by atoms with van der Waals surface area (Å²) in [4.78, 5) is 0. The molecule has 1 aromatic carbocycles. The standard InChI is InChI=1S/C13H17NO/c1-2-5-12(6-3-1)10-15-11-13-7-4-8-14-9-13/h1-3,5-7,13H,4,8-11H2. The van der Waals surface area contributed by atoms with E-state index in [-0.39, 0.29) is 0 Å². The van der Waals surface area contributed by atoms with E-state index in [1.807, 2.05) is 18.2 Å². The Labute approximate surface area is 91.6 Å². The summed E-state index contributed by atoms with van der Waals surface area (Å²) >= 11 is 0. The first-order valence-corrected chi connectivity index (χ1v) is 5.53. The van der Waals surface area contributed by atoms with Gasteiger partial charge in [-0.05, 0) is 24.3 Å². The summed E-state index contributed by atoms with van der Waals surface area (Å²) in [5.74, 6) is 0.530. The van der Waals surface area contributed by atoms with Gasteiger partial charge in [0.15, 0.2) is 0 Å². The number of hydrogen-bond acceptors (Lipinski definition) is 1. The molecule has 0 amide bonds. The molecule has 0 aromatic heterocycles. The molecule has 2 rings (SSSR count). The Bertz CT molecular complexity index is 267. The van der Waals surface area contributed by atoms with Crippen LogP contribution >= 0.6 is 0 Å². The zero-order valence-electron chi connectivity index (χ0n) is 8.93. The Balaban J connectivity index is 1.66. The Morgan fingerprint density at radius 1 is 1.27 bits per heavy atom. The van der Waals surface area contributed by atoms with Crippen molar-refractivity contribution in [1.29, 1.82) is 0 Å². The molecule has 1 saturated heterocycles. The highest BCUT2D eigenvalue weighted by Gasteiger charge is 2.13. The molecule has 80 valence electrons. The second-order valence-electron chi connectivity index (χ2n) is 3.91. The van der Waals surface area contributed by atoms with E-state index < -0.39 is 0 Å². The third-order valence-corrected chi connectivity index (χ3v) is 2.59. The molecular formula is C13H17NO. The van der Waals surface area contributed by atoms with E-state index in [2.05, 4.69) is 23.9 Å². The molecule has 1 fully saturated rings. The molecule has 0 bridgehead atoms. The van der Waals surface area contributed by atoms with Crippen LogP contribution in [0.5, 0.6) is 0 Å².